The summed E-state index contributed by atoms with van der Waals surface area (Å²) in [5.74, 6) is -0.0524. The number of allylic oxidation sites excluding steroid dienone is 2. The molecule has 8 fully saturated rings. The van der Waals surface area contributed by atoms with E-state index < -0.39 is 141 Å². The first kappa shape index (κ1) is 55.3. The summed E-state index contributed by atoms with van der Waals surface area (Å²) in [6.45, 7) is 16.4. The lowest BCUT2D eigenvalue weighted by Crippen LogP contribution is -2.66. The fourth-order valence-corrected chi connectivity index (χ4v) is 16.0. The largest absolute Gasteiger partial charge is 0.481 e. The lowest BCUT2D eigenvalue weighted by Gasteiger charge is -2.71. The van der Waals surface area contributed by atoms with Crippen molar-refractivity contribution in [2.45, 2.75) is 236 Å². The van der Waals surface area contributed by atoms with E-state index >= 15 is 0 Å². The molecule has 0 aromatic rings. The van der Waals surface area contributed by atoms with Crippen LogP contribution in [0.25, 0.3) is 0 Å². The molecule has 4 aliphatic heterocycles. The van der Waals surface area contributed by atoms with Gasteiger partial charge in [0.15, 0.2) is 25.2 Å². The second-order valence-electron chi connectivity index (χ2n) is 25.4. The van der Waals surface area contributed by atoms with E-state index in [4.69, 9.17) is 37.9 Å². The smallest absolute Gasteiger partial charge is 0.310 e. The molecular formula is C52H84O20. The first-order valence-corrected chi connectivity index (χ1v) is 26.5. The van der Waals surface area contributed by atoms with Crippen molar-refractivity contribution in [3.05, 3.63) is 11.6 Å². The molecule has 20 nitrogen and oxygen atoms in total. The number of aliphatic carboxylic acids is 1. The standard InChI is InChI=1S/C52H84O20/c1-23-32(55)40(71-42-37(60)35(58)28(22-66-42)69-43-38(61)36(59)34(57)27(20-53)68-43)39(62)44(67-23)72-41-33(56)26(54)21-65-45(41)70-31-12-13-49(6)29(48(31,4)5)11-14-51(8)30(49)10-9-24-25-19-47(2,3)15-17-52(25,46(63)64)18-16-50(24,51)7/h9,23,25-45,53-62H,10-22H2,1-8H3,(H,63,64)/t23-,25?,26-,27-,28-,29?,30?,31?,32-,33-,34-,35-,36-,37-,38-,39-,40-,41-,42-,43+,44+,45+,49?,50-,51?,52?/m1/s1. The topological polar surface area (TPSA) is 313 Å². The molecule has 26 atom stereocenters. The van der Waals surface area contributed by atoms with E-state index in [1.165, 1.54) is 12.5 Å². The lowest BCUT2D eigenvalue weighted by atomic mass is 9.33. The summed E-state index contributed by atoms with van der Waals surface area (Å²) in [5, 5.41) is 119. The fraction of sp³-hybridized carbons (Fsp3) is 0.942. The number of rotatable bonds is 10. The van der Waals surface area contributed by atoms with E-state index in [1.807, 2.05) is 0 Å². The van der Waals surface area contributed by atoms with Crippen LogP contribution in [0, 0.1) is 50.2 Å². The molecule has 7 unspecified atom stereocenters. The van der Waals surface area contributed by atoms with E-state index in [2.05, 4.69) is 54.5 Å². The van der Waals surface area contributed by atoms with Gasteiger partial charge < -0.3 is 94.1 Å². The highest BCUT2D eigenvalue weighted by Crippen LogP contribution is 2.76. The molecule has 72 heavy (non-hydrogen) atoms. The highest BCUT2D eigenvalue weighted by Gasteiger charge is 2.70. The first-order valence-electron chi connectivity index (χ1n) is 26.5. The van der Waals surface area contributed by atoms with Gasteiger partial charge in [0, 0.05) is 0 Å². The van der Waals surface area contributed by atoms with Crippen LogP contribution in [0.4, 0.5) is 0 Å². The molecule has 0 aromatic heterocycles. The summed E-state index contributed by atoms with van der Waals surface area (Å²) < 4.78 is 47.8. The van der Waals surface area contributed by atoms with Gasteiger partial charge >= 0.3 is 5.97 Å². The minimum absolute atomic E-state index is 0.0208. The zero-order valence-electron chi connectivity index (χ0n) is 43.1. The molecule has 11 N–H and O–H groups in total. The number of ether oxygens (including phenoxy) is 8. The van der Waals surface area contributed by atoms with E-state index in [1.54, 1.807) is 0 Å². The number of carboxylic acids is 1. The van der Waals surface area contributed by atoms with Crippen molar-refractivity contribution in [2.75, 3.05) is 19.8 Å². The van der Waals surface area contributed by atoms with E-state index in [0.29, 0.717) is 25.2 Å². The van der Waals surface area contributed by atoms with Gasteiger partial charge in [-0.05, 0) is 116 Å². The van der Waals surface area contributed by atoms with Crippen molar-refractivity contribution >= 4 is 5.97 Å². The minimum Gasteiger partial charge on any atom is -0.481 e. The Morgan fingerprint density at radius 1 is 0.639 bits per heavy atom. The van der Waals surface area contributed by atoms with Crippen molar-refractivity contribution in [2.24, 2.45) is 50.2 Å². The Morgan fingerprint density at radius 2 is 1.29 bits per heavy atom. The van der Waals surface area contributed by atoms with Crippen LogP contribution in [0.2, 0.25) is 0 Å². The van der Waals surface area contributed by atoms with Gasteiger partial charge in [-0.2, -0.15) is 0 Å². The zero-order chi connectivity index (χ0) is 52.4. The van der Waals surface area contributed by atoms with Crippen LogP contribution in [-0.4, -0.2) is 199 Å². The Morgan fingerprint density at radius 3 is 1.99 bits per heavy atom. The minimum atomic E-state index is -1.86. The van der Waals surface area contributed by atoms with Crippen LogP contribution in [0.5, 0.6) is 0 Å². The number of aliphatic hydroxyl groups excluding tert-OH is 10. The van der Waals surface area contributed by atoms with Crippen LogP contribution < -0.4 is 0 Å². The molecule has 0 radical (unpaired) electrons. The molecule has 0 aromatic carbocycles. The summed E-state index contributed by atoms with van der Waals surface area (Å²) in [5.41, 5.74) is 0.0683. The van der Waals surface area contributed by atoms with E-state index in [-0.39, 0.29) is 46.2 Å². The SMILES string of the molecule is C[C@H]1O[C@@H](O[C@H]2[C@H](OC3CCC4(C)C(CCC5(C)C4CC=C4C6CC(C)(C)CCC6(C(=O)O)CC[C@]45C)C3(C)C)OC[C@@H](O)[C@H]2O)[C@H](O)[C@H](O[C@H]2OC[C@@H](O[C@@H]3O[C@H](CO)[C@@H](O)[C@@H](O)[C@H]3O)[C@@H](O)[C@H]2O)[C@@H]1O. The van der Waals surface area contributed by atoms with Crippen molar-refractivity contribution in [1.29, 1.82) is 0 Å². The van der Waals surface area contributed by atoms with Crippen LogP contribution >= 0.6 is 0 Å². The predicted octanol–water partition coefficient (Wildman–Crippen LogP) is 0.836. The number of hydrogen-bond acceptors (Lipinski definition) is 19. The lowest BCUT2D eigenvalue weighted by molar-refractivity contribution is -0.382. The Bertz CT molecular complexity index is 1990. The summed E-state index contributed by atoms with van der Waals surface area (Å²) in [6, 6.07) is 0. The third-order valence-corrected chi connectivity index (χ3v) is 20.7. The maximum absolute atomic E-state index is 13.2. The third-order valence-electron chi connectivity index (χ3n) is 20.7. The third kappa shape index (κ3) is 8.87. The van der Waals surface area contributed by atoms with Crippen LogP contribution in [-0.2, 0) is 42.7 Å². The molecule has 20 heteroatoms. The molecular weight excluding hydrogens is 945 g/mol. The van der Waals surface area contributed by atoms with Crippen LogP contribution in [0.15, 0.2) is 11.6 Å². The molecule has 0 spiro atoms. The van der Waals surface area contributed by atoms with E-state index in [9.17, 15) is 61.0 Å². The molecule has 4 saturated carbocycles. The number of aliphatic hydroxyl groups is 10. The summed E-state index contributed by atoms with van der Waals surface area (Å²) in [7, 11) is 0. The second kappa shape index (κ2) is 19.7. The van der Waals surface area contributed by atoms with Crippen molar-refractivity contribution in [3.8, 4) is 0 Å². The summed E-state index contributed by atoms with van der Waals surface area (Å²) in [4.78, 5) is 13.2. The Balaban J connectivity index is 0.874. The molecule has 5 aliphatic carbocycles. The Labute approximate surface area is 421 Å². The Hall–Kier alpha value is -1.51. The number of carboxylic acid groups (broad SMARTS) is 1. The highest BCUT2D eigenvalue weighted by molar-refractivity contribution is 5.76. The van der Waals surface area contributed by atoms with Gasteiger partial charge in [0.2, 0.25) is 0 Å². The first-order chi connectivity index (χ1) is 33.7. The molecule has 412 valence electrons. The number of carbonyl (C=O) groups is 1. The predicted molar refractivity (Wildman–Crippen MR) is 250 cm³/mol. The molecule has 0 bridgehead atoms. The average Bonchev–Trinajstić information content (AvgIpc) is 3.32. The second-order valence-corrected chi connectivity index (χ2v) is 25.4. The monoisotopic (exact) mass is 1030 g/mol. The van der Waals surface area contributed by atoms with Crippen molar-refractivity contribution < 1.29 is 98.9 Å². The number of fused-ring (bicyclic) bond motifs is 7. The molecule has 9 rings (SSSR count). The molecule has 4 heterocycles. The molecule has 9 aliphatic rings. The van der Waals surface area contributed by atoms with Gasteiger partial charge in [0.05, 0.1) is 37.4 Å². The van der Waals surface area contributed by atoms with Crippen LogP contribution in [0.3, 0.4) is 0 Å². The zero-order valence-corrected chi connectivity index (χ0v) is 43.1. The van der Waals surface area contributed by atoms with Gasteiger partial charge in [0.1, 0.15) is 79.4 Å². The van der Waals surface area contributed by atoms with Gasteiger partial charge in [0.25, 0.3) is 0 Å². The van der Waals surface area contributed by atoms with E-state index in [0.717, 1.165) is 44.9 Å². The average molecular weight is 1030 g/mol. The van der Waals surface area contributed by atoms with Crippen LogP contribution in [0.1, 0.15) is 120 Å². The van der Waals surface area contributed by atoms with Crippen molar-refractivity contribution in [1.82, 2.24) is 0 Å². The summed E-state index contributed by atoms with van der Waals surface area (Å²) >= 11 is 0. The maximum Gasteiger partial charge on any atom is 0.310 e. The van der Waals surface area contributed by atoms with Gasteiger partial charge in [-0.3, -0.25) is 4.79 Å². The van der Waals surface area contributed by atoms with Gasteiger partial charge in [-0.15, -0.1) is 0 Å². The quantitative estimate of drug-likeness (QED) is 0.107. The normalized spacial score (nSPS) is 54.3. The van der Waals surface area contributed by atoms with Gasteiger partial charge in [-0.25, -0.2) is 0 Å². The molecule has 4 saturated heterocycles. The Kier molecular flexibility index (Phi) is 15.2. The molecule has 0 amide bonds. The van der Waals surface area contributed by atoms with Crippen molar-refractivity contribution in [3.63, 3.8) is 0 Å². The number of hydrogen-bond donors (Lipinski definition) is 11. The maximum atomic E-state index is 13.2. The van der Waals surface area contributed by atoms with Gasteiger partial charge in [-0.1, -0.05) is 60.1 Å². The fourth-order valence-electron chi connectivity index (χ4n) is 16.0. The highest BCUT2D eigenvalue weighted by atomic mass is 16.8. The summed E-state index contributed by atoms with van der Waals surface area (Å²) in [6.07, 6.45) is -17.4.